The van der Waals surface area contributed by atoms with Crippen LogP contribution in [0.1, 0.15) is 38.7 Å². The second-order valence-corrected chi connectivity index (χ2v) is 6.07. The zero-order valence-corrected chi connectivity index (χ0v) is 12.9. The number of aliphatic hydroxyl groups is 1. The van der Waals surface area contributed by atoms with Gasteiger partial charge in [-0.25, -0.2) is 0 Å². The molecule has 1 amide bonds. The molecule has 0 spiro atoms. The number of nitrogens with one attached hydrogen (secondary N) is 1. The smallest absolute Gasteiger partial charge is 0.258 e. The SMILES string of the molecule is CCc1ccccc1OCC(=O)NC1CCCC1(C)CO. The Morgan fingerprint density at radius 1 is 1.48 bits per heavy atom. The van der Waals surface area contributed by atoms with Crippen LogP contribution in [0.3, 0.4) is 0 Å². The van der Waals surface area contributed by atoms with Crippen LogP contribution in [0.2, 0.25) is 0 Å². The lowest BCUT2D eigenvalue weighted by molar-refractivity contribution is -0.124. The molecule has 1 aliphatic rings. The van der Waals surface area contributed by atoms with Crippen molar-refractivity contribution >= 4 is 5.91 Å². The van der Waals surface area contributed by atoms with E-state index >= 15 is 0 Å². The minimum Gasteiger partial charge on any atom is -0.483 e. The highest BCUT2D eigenvalue weighted by Gasteiger charge is 2.39. The molecule has 116 valence electrons. The van der Waals surface area contributed by atoms with Gasteiger partial charge in [-0.05, 0) is 30.9 Å². The van der Waals surface area contributed by atoms with Gasteiger partial charge in [-0.3, -0.25) is 4.79 Å². The number of benzene rings is 1. The van der Waals surface area contributed by atoms with E-state index in [0.29, 0.717) is 0 Å². The summed E-state index contributed by atoms with van der Waals surface area (Å²) in [6, 6.07) is 7.82. The maximum Gasteiger partial charge on any atom is 0.258 e. The summed E-state index contributed by atoms with van der Waals surface area (Å²) in [5.41, 5.74) is 0.906. The predicted octanol–water partition coefficient (Wildman–Crippen LogP) is 2.30. The molecule has 0 radical (unpaired) electrons. The maximum atomic E-state index is 12.1. The minimum atomic E-state index is -0.197. The zero-order chi connectivity index (χ0) is 15.3. The molecule has 0 bridgehead atoms. The third kappa shape index (κ3) is 3.76. The highest BCUT2D eigenvalue weighted by atomic mass is 16.5. The number of rotatable bonds is 6. The van der Waals surface area contributed by atoms with Crippen molar-refractivity contribution in [2.24, 2.45) is 5.41 Å². The molecule has 1 fully saturated rings. The number of carbonyl (C=O) groups excluding carboxylic acids is 1. The first-order valence-electron chi connectivity index (χ1n) is 7.70. The molecular formula is C17H25NO3. The van der Waals surface area contributed by atoms with Gasteiger partial charge in [0.05, 0.1) is 6.61 Å². The highest BCUT2D eigenvalue weighted by molar-refractivity contribution is 5.78. The Kier molecular flexibility index (Phi) is 5.23. The molecule has 1 aromatic carbocycles. The van der Waals surface area contributed by atoms with Crippen LogP contribution in [0.15, 0.2) is 24.3 Å². The number of aliphatic hydroxyl groups excluding tert-OH is 1. The topological polar surface area (TPSA) is 58.6 Å². The van der Waals surface area contributed by atoms with Crippen LogP contribution in [-0.2, 0) is 11.2 Å². The Hall–Kier alpha value is -1.55. The number of hydrogen-bond acceptors (Lipinski definition) is 3. The summed E-state index contributed by atoms with van der Waals surface area (Å²) in [4.78, 5) is 12.1. The fraction of sp³-hybridized carbons (Fsp3) is 0.588. The lowest BCUT2D eigenvalue weighted by Gasteiger charge is -2.30. The summed E-state index contributed by atoms with van der Waals surface area (Å²) in [6.45, 7) is 4.22. The van der Waals surface area contributed by atoms with Gasteiger partial charge < -0.3 is 15.2 Å². The monoisotopic (exact) mass is 291 g/mol. The van der Waals surface area contributed by atoms with E-state index in [1.807, 2.05) is 31.2 Å². The van der Waals surface area contributed by atoms with Crippen LogP contribution in [-0.4, -0.2) is 30.3 Å². The van der Waals surface area contributed by atoms with Gasteiger partial charge in [0, 0.05) is 11.5 Å². The summed E-state index contributed by atoms with van der Waals surface area (Å²) in [7, 11) is 0. The van der Waals surface area contributed by atoms with Crippen LogP contribution in [0.5, 0.6) is 5.75 Å². The van der Waals surface area contributed by atoms with Gasteiger partial charge in [0.1, 0.15) is 5.75 Å². The van der Waals surface area contributed by atoms with Crippen molar-refractivity contribution in [3.63, 3.8) is 0 Å². The summed E-state index contributed by atoms with van der Waals surface area (Å²) in [5, 5.41) is 12.5. The molecule has 2 unspecified atom stereocenters. The predicted molar refractivity (Wildman–Crippen MR) is 82.3 cm³/mol. The molecule has 1 aliphatic carbocycles. The van der Waals surface area contributed by atoms with Crippen molar-refractivity contribution in [3.05, 3.63) is 29.8 Å². The molecule has 4 heteroatoms. The standard InChI is InChI=1S/C17H25NO3/c1-3-13-7-4-5-8-14(13)21-11-16(20)18-15-9-6-10-17(15,2)12-19/h4-5,7-8,15,19H,3,6,9-12H2,1-2H3,(H,18,20). The average molecular weight is 291 g/mol. The number of para-hydroxylation sites is 1. The molecule has 0 aromatic heterocycles. The number of hydrogen-bond donors (Lipinski definition) is 2. The third-order valence-electron chi connectivity index (χ3n) is 4.49. The molecule has 0 aliphatic heterocycles. The van der Waals surface area contributed by atoms with Crippen LogP contribution < -0.4 is 10.1 Å². The van der Waals surface area contributed by atoms with E-state index in [4.69, 9.17) is 4.74 Å². The van der Waals surface area contributed by atoms with Gasteiger partial charge in [-0.1, -0.05) is 38.5 Å². The molecule has 0 heterocycles. The van der Waals surface area contributed by atoms with Crippen LogP contribution in [0, 0.1) is 5.41 Å². The Morgan fingerprint density at radius 2 is 2.24 bits per heavy atom. The normalized spacial score (nSPS) is 24.8. The lowest BCUT2D eigenvalue weighted by atomic mass is 9.86. The lowest BCUT2D eigenvalue weighted by Crippen LogP contribution is -2.46. The van der Waals surface area contributed by atoms with E-state index in [1.165, 1.54) is 0 Å². The Morgan fingerprint density at radius 3 is 2.95 bits per heavy atom. The second-order valence-electron chi connectivity index (χ2n) is 6.07. The average Bonchev–Trinajstić information content (AvgIpc) is 2.87. The van der Waals surface area contributed by atoms with E-state index in [2.05, 4.69) is 12.2 Å². The number of ether oxygens (including phenoxy) is 1. The van der Waals surface area contributed by atoms with Gasteiger partial charge in [0.25, 0.3) is 5.91 Å². The molecule has 1 saturated carbocycles. The van der Waals surface area contributed by atoms with E-state index in [1.54, 1.807) is 0 Å². The van der Waals surface area contributed by atoms with Gasteiger partial charge >= 0.3 is 0 Å². The Bertz CT molecular complexity index is 489. The molecular weight excluding hydrogens is 266 g/mol. The van der Waals surface area contributed by atoms with E-state index in [-0.39, 0.29) is 30.6 Å². The highest BCUT2D eigenvalue weighted by Crippen LogP contribution is 2.37. The van der Waals surface area contributed by atoms with Crippen LogP contribution in [0.25, 0.3) is 0 Å². The number of carbonyl (C=O) groups is 1. The minimum absolute atomic E-state index is 0.0228. The summed E-state index contributed by atoms with van der Waals surface area (Å²) >= 11 is 0. The first-order chi connectivity index (χ1) is 10.1. The fourth-order valence-corrected chi connectivity index (χ4v) is 2.98. The maximum absolute atomic E-state index is 12.1. The molecule has 2 N–H and O–H groups in total. The van der Waals surface area contributed by atoms with Crippen molar-refractivity contribution in [2.75, 3.05) is 13.2 Å². The first kappa shape index (κ1) is 15.8. The fourth-order valence-electron chi connectivity index (χ4n) is 2.98. The third-order valence-corrected chi connectivity index (χ3v) is 4.49. The largest absolute Gasteiger partial charge is 0.483 e. The first-order valence-corrected chi connectivity index (χ1v) is 7.70. The molecule has 0 saturated heterocycles. The van der Waals surface area contributed by atoms with Crippen molar-refractivity contribution in [2.45, 2.75) is 45.6 Å². The summed E-state index contributed by atoms with van der Waals surface area (Å²) < 4.78 is 5.63. The van der Waals surface area contributed by atoms with Crippen molar-refractivity contribution in [1.29, 1.82) is 0 Å². The second kappa shape index (κ2) is 6.94. The molecule has 4 nitrogen and oxygen atoms in total. The quantitative estimate of drug-likeness (QED) is 0.845. The summed E-state index contributed by atoms with van der Waals surface area (Å²) in [6.07, 6.45) is 3.80. The van der Waals surface area contributed by atoms with Crippen LogP contribution in [0.4, 0.5) is 0 Å². The Balaban J connectivity index is 1.88. The zero-order valence-electron chi connectivity index (χ0n) is 12.9. The van der Waals surface area contributed by atoms with Crippen molar-refractivity contribution in [1.82, 2.24) is 5.32 Å². The number of amides is 1. The molecule has 2 rings (SSSR count). The van der Waals surface area contributed by atoms with E-state index in [9.17, 15) is 9.90 Å². The molecule has 1 aromatic rings. The van der Waals surface area contributed by atoms with E-state index < -0.39 is 0 Å². The van der Waals surface area contributed by atoms with Gasteiger partial charge in [0.15, 0.2) is 6.61 Å². The van der Waals surface area contributed by atoms with Crippen molar-refractivity contribution in [3.8, 4) is 5.75 Å². The Labute approximate surface area is 126 Å². The van der Waals surface area contributed by atoms with Crippen molar-refractivity contribution < 1.29 is 14.6 Å². The molecule has 21 heavy (non-hydrogen) atoms. The summed E-state index contributed by atoms with van der Waals surface area (Å²) in [5.74, 6) is 0.652. The van der Waals surface area contributed by atoms with E-state index in [0.717, 1.165) is 37.0 Å². The number of aryl methyl sites for hydroxylation is 1. The van der Waals surface area contributed by atoms with Crippen LogP contribution >= 0.6 is 0 Å². The van der Waals surface area contributed by atoms with Gasteiger partial charge in [-0.2, -0.15) is 0 Å². The molecule has 2 atom stereocenters. The van der Waals surface area contributed by atoms with Gasteiger partial charge in [0.2, 0.25) is 0 Å². The van der Waals surface area contributed by atoms with Gasteiger partial charge in [-0.15, -0.1) is 0 Å².